The molecule has 1 aliphatic rings. The van der Waals surface area contributed by atoms with E-state index in [1.54, 1.807) is 20.8 Å². The molecule has 110 valence electrons. The minimum atomic E-state index is -3.24. The fourth-order valence-corrected chi connectivity index (χ4v) is 3.96. The predicted molar refractivity (Wildman–Crippen MR) is 79.6 cm³/mol. The molecule has 0 spiro atoms. The van der Waals surface area contributed by atoms with Crippen molar-refractivity contribution in [2.75, 3.05) is 13.2 Å². The molecule has 1 saturated heterocycles. The molecule has 1 aromatic carbocycles. The van der Waals surface area contributed by atoms with E-state index in [2.05, 4.69) is 0 Å². The molecule has 0 aromatic heterocycles. The van der Waals surface area contributed by atoms with Gasteiger partial charge in [-0.1, -0.05) is 42.5 Å². The molecule has 0 bridgehead atoms. The Kier molecular flexibility index (Phi) is 4.82. The summed E-state index contributed by atoms with van der Waals surface area (Å²) in [6, 6.07) is 9.91. The van der Waals surface area contributed by atoms with Gasteiger partial charge in [-0.3, -0.25) is 4.57 Å². The van der Waals surface area contributed by atoms with Crippen molar-refractivity contribution >= 4 is 13.7 Å². The Morgan fingerprint density at radius 3 is 2.40 bits per heavy atom. The number of ether oxygens (including phenoxy) is 1. The van der Waals surface area contributed by atoms with Gasteiger partial charge < -0.3 is 13.8 Å². The fourth-order valence-electron chi connectivity index (χ4n) is 2.06. The summed E-state index contributed by atoms with van der Waals surface area (Å²) >= 11 is 0. The van der Waals surface area contributed by atoms with Crippen molar-refractivity contribution < 1.29 is 18.3 Å². The maximum absolute atomic E-state index is 12.7. The molecular formula is C15H21O4P. The van der Waals surface area contributed by atoms with Crippen molar-refractivity contribution in [2.45, 2.75) is 32.2 Å². The zero-order valence-corrected chi connectivity index (χ0v) is 13.0. The number of epoxide rings is 1. The topological polar surface area (TPSA) is 48.1 Å². The van der Waals surface area contributed by atoms with E-state index in [1.165, 1.54) is 0 Å². The summed E-state index contributed by atoms with van der Waals surface area (Å²) in [5.74, 6) is 0. The first-order valence-electron chi connectivity index (χ1n) is 6.86. The van der Waals surface area contributed by atoms with E-state index < -0.39 is 12.9 Å². The van der Waals surface area contributed by atoms with Crippen LogP contribution in [0, 0.1) is 0 Å². The van der Waals surface area contributed by atoms with Gasteiger partial charge in [-0.2, -0.15) is 0 Å². The van der Waals surface area contributed by atoms with Crippen LogP contribution < -0.4 is 0 Å². The van der Waals surface area contributed by atoms with Crippen molar-refractivity contribution in [3.63, 3.8) is 0 Å². The van der Waals surface area contributed by atoms with Gasteiger partial charge in [0, 0.05) is 0 Å². The zero-order valence-electron chi connectivity index (χ0n) is 12.1. The Labute approximate surface area is 120 Å². The van der Waals surface area contributed by atoms with Gasteiger partial charge in [-0.25, -0.2) is 0 Å². The quantitative estimate of drug-likeness (QED) is 0.562. The van der Waals surface area contributed by atoms with Gasteiger partial charge in [0.05, 0.1) is 13.2 Å². The van der Waals surface area contributed by atoms with Crippen LogP contribution in [0.3, 0.4) is 0 Å². The third kappa shape index (κ3) is 3.04. The van der Waals surface area contributed by atoms with Gasteiger partial charge in [0.25, 0.3) is 0 Å². The van der Waals surface area contributed by atoms with Gasteiger partial charge >= 0.3 is 7.60 Å². The summed E-state index contributed by atoms with van der Waals surface area (Å²) in [6.07, 6.45) is 3.62. The summed E-state index contributed by atoms with van der Waals surface area (Å²) in [6.45, 7) is 6.05. The highest BCUT2D eigenvalue weighted by molar-refractivity contribution is 7.55. The molecule has 0 saturated carbocycles. The second-order valence-electron chi connectivity index (χ2n) is 4.70. The summed E-state index contributed by atoms with van der Waals surface area (Å²) < 4.78 is 29.0. The highest BCUT2D eigenvalue weighted by atomic mass is 31.2. The van der Waals surface area contributed by atoms with Gasteiger partial charge in [-0.05, 0) is 26.3 Å². The van der Waals surface area contributed by atoms with Crippen LogP contribution in [0.4, 0.5) is 0 Å². The van der Waals surface area contributed by atoms with Crippen LogP contribution in [-0.4, -0.2) is 24.7 Å². The zero-order chi connectivity index (χ0) is 14.6. The fraction of sp³-hybridized carbons (Fsp3) is 0.467. The normalized spacial score (nSPS) is 26.1. The summed E-state index contributed by atoms with van der Waals surface area (Å²) in [5.41, 5.74) is 1.08. The Morgan fingerprint density at radius 1 is 1.25 bits per heavy atom. The monoisotopic (exact) mass is 296 g/mol. The molecule has 2 atom stereocenters. The first-order chi connectivity index (χ1) is 9.55. The molecule has 1 aliphatic heterocycles. The van der Waals surface area contributed by atoms with E-state index in [0.29, 0.717) is 13.2 Å². The molecule has 2 unspecified atom stereocenters. The smallest absolute Gasteiger partial charge is 0.348 e. The molecule has 0 aliphatic carbocycles. The van der Waals surface area contributed by atoms with Crippen LogP contribution in [0.2, 0.25) is 0 Å². The van der Waals surface area contributed by atoms with Crippen LogP contribution in [0.5, 0.6) is 0 Å². The molecule has 4 nitrogen and oxygen atoms in total. The Hall–Kier alpha value is -0.930. The van der Waals surface area contributed by atoms with Crippen LogP contribution in [0.15, 0.2) is 36.4 Å². The van der Waals surface area contributed by atoms with Crippen molar-refractivity contribution in [3.8, 4) is 0 Å². The Bertz CT molecular complexity index is 504. The SMILES string of the molecule is CCOP(=O)(OCC)C1(C)OC1/C=C/c1ccccc1. The first-order valence-corrected chi connectivity index (χ1v) is 8.40. The molecule has 0 radical (unpaired) electrons. The van der Waals surface area contributed by atoms with Crippen molar-refractivity contribution in [3.05, 3.63) is 42.0 Å². The van der Waals surface area contributed by atoms with Crippen molar-refractivity contribution in [1.29, 1.82) is 0 Å². The lowest BCUT2D eigenvalue weighted by atomic mass is 10.2. The largest absolute Gasteiger partial charge is 0.364 e. The van der Waals surface area contributed by atoms with Gasteiger partial charge in [-0.15, -0.1) is 0 Å². The molecule has 5 heteroatoms. The highest BCUT2D eigenvalue weighted by Gasteiger charge is 2.66. The van der Waals surface area contributed by atoms with E-state index in [1.807, 2.05) is 42.5 Å². The van der Waals surface area contributed by atoms with E-state index in [-0.39, 0.29) is 6.10 Å². The van der Waals surface area contributed by atoms with E-state index >= 15 is 0 Å². The minimum Gasteiger partial charge on any atom is -0.348 e. The van der Waals surface area contributed by atoms with E-state index in [4.69, 9.17) is 13.8 Å². The average molecular weight is 296 g/mol. The van der Waals surface area contributed by atoms with Gasteiger partial charge in [0.1, 0.15) is 6.10 Å². The third-order valence-corrected chi connectivity index (χ3v) is 5.88. The van der Waals surface area contributed by atoms with E-state index in [0.717, 1.165) is 5.56 Å². The second-order valence-corrected chi connectivity index (χ2v) is 7.10. The lowest BCUT2D eigenvalue weighted by Gasteiger charge is -2.20. The molecule has 20 heavy (non-hydrogen) atoms. The second kappa shape index (κ2) is 6.23. The molecule has 1 fully saturated rings. The van der Waals surface area contributed by atoms with Crippen LogP contribution >= 0.6 is 7.60 Å². The average Bonchev–Trinajstić information content (AvgIpc) is 3.11. The highest BCUT2D eigenvalue weighted by Crippen LogP contribution is 2.69. The maximum Gasteiger partial charge on any atom is 0.364 e. The summed E-state index contributed by atoms with van der Waals surface area (Å²) in [7, 11) is -3.24. The van der Waals surface area contributed by atoms with Crippen molar-refractivity contribution in [2.24, 2.45) is 0 Å². The molecule has 1 aromatic rings. The van der Waals surface area contributed by atoms with Crippen LogP contribution in [0.25, 0.3) is 6.08 Å². The lowest BCUT2D eigenvalue weighted by Crippen LogP contribution is -2.14. The predicted octanol–water partition coefficient (Wildman–Crippen LogP) is 4.08. The number of rotatable bonds is 7. The van der Waals surface area contributed by atoms with Crippen molar-refractivity contribution in [1.82, 2.24) is 0 Å². The Balaban J connectivity index is 2.07. The number of hydrogen-bond donors (Lipinski definition) is 0. The standard InChI is InChI=1S/C15H21O4P/c1-4-17-20(16,18-5-2)15(3)14(19-15)12-11-13-9-7-6-8-10-13/h6-12,14H,4-5H2,1-3H3/b12-11+. The summed E-state index contributed by atoms with van der Waals surface area (Å²) in [4.78, 5) is 0. The van der Waals surface area contributed by atoms with Crippen LogP contribution in [-0.2, 0) is 18.3 Å². The molecule has 2 rings (SSSR count). The minimum absolute atomic E-state index is 0.244. The number of benzene rings is 1. The lowest BCUT2D eigenvalue weighted by molar-refractivity contribution is 0.191. The van der Waals surface area contributed by atoms with Gasteiger partial charge in [0.15, 0.2) is 5.34 Å². The first kappa shape index (κ1) is 15.5. The number of hydrogen-bond acceptors (Lipinski definition) is 4. The molecule has 1 heterocycles. The van der Waals surface area contributed by atoms with E-state index in [9.17, 15) is 4.57 Å². The van der Waals surface area contributed by atoms with Gasteiger partial charge in [0.2, 0.25) is 0 Å². The Morgan fingerprint density at radius 2 is 1.85 bits per heavy atom. The third-order valence-electron chi connectivity index (χ3n) is 3.24. The molecule has 0 amide bonds. The summed E-state index contributed by atoms with van der Waals surface area (Å²) in [5, 5.41) is -0.871. The molecular weight excluding hydrogens is 275 g/mol. The van der Waals surface area contributed by atoms with Crippen LogP contribution in [0.1, 0.15) is 26.3 Å². The maximum atomic E-state index is 12.7. The molecule has 0 N–H and O–H groups in total.